The number of nitrogens with one attached hydrogen (secondary N) is 1. The summed E-state index contributed by atoms with van der Waals surface area (Å²) in [6.45, 7) is 0. The standard InChI is InChI=1S/2C12H10.CH3NO2.H2O/c2*1-3-7-11(8-4-1)12-9-5-2-6-10-12;3-1-2-4;/h2*1-10H;1,4H,(H,2,3);1H2. The Balaban J connectivity index is 0.000000239. The third kappa shape index (κ3) is 8.67. The third-order valence-electron chi connectivity index (χ3n) is 3.81. The van der Waals surface area contributed by atoms with E-state index < -0.39 is 0 Å². The molecule has 4 nitrogen and oxygen atoms in total. The first-order valence-corrected chi connectivity index (χ1v) is 8.89. The van der Waals surface area contributed by atoms with Gasteiger partial charge in [0.2, 0.25) is 6.41 Å². The highest BCUT2D eigenvalue weighted by Gasteiger charge is 1.92. The minimum Gasteiger partial charge on any atom is -0.412 e. The lowest BCUT2D eigenvalue weighted by atomic mass is 10.1. The molecule has 4 N–H and O–H groups in total. The van der Waals surface area contributed by atoms with Gasteiger partial charge in [-0.2, -0.15) is 0 Å². The van der Waals surface area contributed by atoms with E-state index in [0.29, 0.717) is 0 Å². The summed E-state index contributed by atoms with van der Waals surface area (Å²) in [6, 6.07) is 41.6. The molecule has 4 aromatic carbocycles. The van der Waals surface area contributed by atoms with Gasteiger partial charge in [-0.15, -0.1) is 0 Å². The third-order valence-corrected chi connectivity index (χ3v) is 3.81. The van der Waals surface area contributed by atoms with Crippen LogP contribution in [0.4, 0.5) is 0 Å². The van der Waals surface area contributed by atoms with Crippen molar-refractivity contribution in [2.75, 3.05) is 0 Å². The first-order valence-electron chi connectivity index (χ1n) is 8.89. The molecular weight excluding hydrogens is 362 g/mol. The Kier molecular flexibility index (Phi) is 11.5. The van der Waals surface area contributed by atoms with Gasteiger partial charge in [0.25, 0.3) is 0 Å². The van der Waals surface area contributed by atoms with Crippen molar-refractivity contribution in [1.29, 1.82) is 0 Å². The van der Waals surface area contributed by atoms with E-state index in [2.05, 4.69) is 97.1 Å². The van der Waals surface area contributed by atoms with Gasteiger partial charge in [-0.05, 0) is 22.3 Å². The summed E-state index contributed by atoms with van der Waals surface area (Å²) >= 11 is 0. The summed E-state index contributed by atoms with van der Waals surface area (Å²) in [4.78, 5) is 8.81. The summed E-state index contributed by atoms with van der Waals surface area (Å²) in [5, 5.41) is 7.26. The monoisotopic (exact) mass is 387 g/mol. The quantitative estimate of drug-likeness (QED) is 0.294. The van der Waals surface area contributed by atoms with Gasteiger partial charge < -0.3 is 5.48 Å². The van der Waals surface area contributed by atoms with Crippen molar-refractivity contribution >= 4 is 6.41 Å². The van der Waals surface area contributed by atoms with Crippen LogP contribution in [0.2, 0.25) is 0 Å². The molecule has 0 unspecified atom stereocenters. The second-order valence-electron chi connectivity index (χ2n) is 5.71. The Morgan fingerprint density at radius 2 is 0.655 bits per heavy atom. The van der Waals surface area contributed by atoms with E-state index in [4.69, 9.17) is 10.0 Å². The lowest BCUT2D eigenvalue weighted by Gasteiger charge is -1.98. The van der Waals surface area contributed by atoms with Gasteiger partial charge in [-0.3, -0.25) is 10.0 Å². The van der Waals surface area contributed by atoms with Crippen molar-refractivity contribution in [2.24, 2.45) is 0 Å². The van der Waals surface area contributed by atoms with Crippen LogP contribution in [0.15, 0.2) is 121 Å². The maximum absolute atomic E-state index is 8.81. The van der Waals surface area contributed by atoms with Crippen molar-refractivity contribution < 1.29 is 15.5 Å². The molecule has 4 aromatic rings. The van der Waals surface area contributed by atoms with E-state index in [0.717, 1.165) is 0 Å². The number of rotatable bonds is 3. The van der Waals surface area contributed by atoms with Crippen LogP contribution < -0.4 is 5.48 Å². The zero-order valence-electron chi connectivity index (χ0n) is 16.0. The maximum Gasteiger partial charge on any atom is 0.230 e. The SMILES string of the molecule is O.O=CNO.c1ccc(-c2ccccc2)cc1.c1ccc(-c2ccccc2)cc1. The molecular formula is C25H25NO3. The molecule has 4 rings (SSSR count). The van der Waals surface area contributed by atoms with Crippen LogP contribution >= 0.6 is 0 Å². The normalized spacial score (nSPS) is 8.72. The average molecular weight is 387 g/mol. The van der Waals surface area contributed by atoms with E-state index in [-0.39, 0.29) is 11.9 Å². The Bertz CT molecular complexity index is 750. The summed E-state index contributed by atoms with van der Waals surface area (Å²) in [7, 11) is 0. The van der Waals surface area contributed by atoms with Crippen LogP contribution in [0.25, 0.3) is 22.3 Å². The molecule has 148 valence electrons. The predicted molar refractivity (Wildman–Crippen MR) is 118 cm³/mol. The first kappa shape index (κ1) is 23.3. The molecule has 0 saturated carbocycles. The number of amides is 1. The Morgan fingerprint density at radius 1 is 0.483 bits per heavy atom. The zero-order valence-corrected chi connectivity index (χ0v) is 16.0. The smallest absolute Gasteiger partial charge is 0.230 e. The highest BCUT2D eigenvalue weighted by atomic mass is 16.5. The number of hydrogen-bond acceptors (Lipinski definition) is 2. The Hall–Kier alpha value is -3.73. The van der Waals surface area contributed by atoms with Crippen LogP contribution in [-0.2, 0) is 4.79 Å². The molecule has 0 atom stereocenters. The second kappa shape index (κ2) is 14.3. The lowest BCUT2D eigenvalue weighted by Crippen LogP contribution is -1.99. The van der Waals surface area contributed by atoms with Gasteiger partial charge in [-0.25, -0.2) is 5.48 Å². The molecule has 0 aliphatic heterocycles. The highest BCUT2D eigenvalue weighted by Crippen LogP contribution is 2.18. The van der Waals surface area contributed by atoms with Gasteiger partial charge in [0.15, 0.2) is 0 Å². The molecule has 0 saturated heterocycles. The van der Waals surface area contributed by atoms with Crippen molar-refractivity contribution in [3.63, 3.8) is 0 Å². The van der Waals surface area contributed by atoms with Crippen molar-refractivity contribution in [2.45, 2.75) is 0 Å². The van der Waals surface area contributed by atoms with Crippen LogP contribution in [-0.4, -0.2) is 17.1 Å². The minimum absolute atomic E-state index is 0. The highest BCUT2D eigenvalue weighted by molar-refractivity contribution is 5.63. The zero-order chi connectivity index (χ0) is 19.9. The molecule has 0 radical (unpaired) electrons. The van der Waals surface area contributed by atoms with Crippen LogP contribution in [0.3, 0.4) is 0 Å². The molecule has 0 fully saturated rings. The topological polar surface area (TPSA) is 80.8 Å². The van der Waals surface area contributed by atoms with E-state index in [9.17, 15) is 0 Å². The van der Waals surface area contributed by atoms with Gasteiger partial charge in [0, 0.05) is 0 Å². The van der Waals surface area contributed by atoms with Crippen molar-refractivity contribution in [1.82, 2.24) is 5.48 Å². The molecule has 0 aliphatic rings. The largest absolute Gasteiger partial charge is 0.412 e. The number of carbonyl (C=O) groups excluding carboxylic acids is 1. The molecule has 29 heavy (non-hydrogen) atoms. The average Bonchev–Trinajstić information content (AvgIpc) is 2.82. The summed E-state index contributed by atoms with van der Waals surface area (Å²) in [5.74, 6) is 0. The molecule has 0 spiro atoms. The molecule has 0 heterocycles. The van der Waals surface area contributed by atoms with Crippen LogP contribution in [0, 0.1) is 0 Å². The summed E-state index contributed by atoms with van der Waals surface area (Å²) < 4.78 is 0. The fourth-order valence-corrected chi connectivity index (χ4v) is 2.52. The lowest BCUT2D eigenvalue weighted by molar-refractivity contribution is -0.116. The minimum atomic E-state index is 0. The molecule has 0 aromatic heterocycles. The number of carbonyl (C=O) groups is 1. The van der Waals surface area contributed by atoms with Gasteiger partial charge >= 0.3 is 0 Å². The van der Waals surface area contributed by atoms with E-state index >= 15 is 0 Å². The maximum atomic E-state index is 8.81. The molecule has 4 heteroatoms. The Morgan fingerprint density at radius 3 is 0.793 bits per heavy atom. The molecule has 0 bridgehead atoms. The van der Waals surface area contributed by atoms with Crippen LogP contribution in [0.1, 0.15) is 0 Å². The fraction of sp³-hybridized carbons (Fsp3) is 0. The fourth-order valence-electron chi connectivity index (χ4n) is 2.52. The predicted octanol–water partition coefficient (Wildman–Crippen LogP) is 5.00. The first-order chi connectivity index (χ1) is 13.8. The van der Waals surface area contributed by atoms with Gasteiger partial charge in [0.1, 0.15) is 0 Å². The van der Waals surface area contributed by atoms with Crippen molar-refractivity contribution in [3.8, 4) is 22.3 Å². The molecule has 1 amide bonds. The van der Waals surface area contributed by atoms with Crippen LogP contribution in [0.5, 0.6) is 0 Å². The van der Waals surface area contributed by atoms with Crippen molar-refractivity contribution in [3.05, 3.63) is 121 Å². The van der Waals surface area contributed by atoms with E-state index in [1.165, 1.54) is 27.7 Å². The summed E-state index contributed by atoms with van der Waals surface area (Å²) in [6.07, 6.45) is 0.181. The Labute approximate surface area is 171 Å². The second-order valence-corrected chi connectivity index (χ2v) is 5.71. The van der Waals surface area contributed by atoms with Gasteiger partial charge in [0.05, 0.1) is 0 Å². The van der Waals surface area contributed by atoms with E-state index in [1.807, 2.05) is 24.3 Å². The van der Waals surface area contributed by atoms with Gasteiger partial charge in [-0.1, -0.05) is 121 Å². The number of hydrogen-bond donors (Lipinski definition) is 2. The van der Waals surface area contributed by atoms with E-state index in [1.54, 1.807) is 0 Å². The molecule has 0 aliphatic carbocycles. The summed E-state index contributed by atoms with van der Waals surface area (Å²) in [5.41, 5.74) is 6.35. The number of benzene rings is 4. The number of hydroxylamine groups is 1.